The Labute approximate surface area is 107 Å². The monoisotopic (exact) mass is 242 g/mol. The third kappa shape index (κ3) is 2.59. The molecule has 4 nitrogen and oxygen atoms in total. The molecule has 1 aliphatic carbocycles. The lowest BCUT2D eigenvalue weighted by atomic mass is 10.1. The summed E-state index contributed by atoms with van der Waals surface area (Å²) in [7, 11) is 0. The van der Waals surface area contributed by atoms with Crippen LogP contribution in [0.3, 0.4) is 0 Å². The van der Waals surface area contributed by atoms with Crippen LogP contribution in [0.15, 0.2) is 30.6 Å². The molecule has 0 radical (unpaired) electrons. The number of hydrogen-bond acceptors (Lipinski definition) is 3. The maximum absolute atomic E-state index is 4.12. The summed E-state index contributed by atoms with van der Waals surface area (Å²) in [6.07, 6.45) is 5.96. The summed E-state index contributed by atoms with van der Waals surface area (Å²) in [5.41, 5.74) is 3.01. The Morgan fingerprint density at radius 1 is 1.22 bits per heavy atom. The van der Waals surface area contributed by atoms with Crippen molar-refractivity contribution in [2.24, 2.45) is 0 Å². The number of nitrogens with one attached hydrogen (secondary N) is 2. The van der Waals surface area contributed by atoms with Gasteiger partial charge in [0.15, 0.2) is 0 Å². The van der Waals surface area contributed by atoms with Crippen LogP contribution in [0.25, 0.3) is 0 Å². The molecule has 0 unspecified atom stereocenters. The second-order valence-corrected chi connectivity index (χ2v) is 4.86. The fraction of sp³-hybridized carbons (Fsp3) is 0.429. The smallest absolute Gasteiger partial charge is 0.137 e. The van der Waals surface area contributed by atoms with Crippen molar-refractivity contribution in [3.8, 4) is 0 Å². The van der Waals surface area contributed by atoms with Crippen LogP contribution >= 0.6 is 0 Å². The maximum Gasteiger partial charge on any atom is 0.137 e. The number of rotatable bonds is 5. The molecule has 0 atom stereocenters. The van der Waals surface area contributed by atoms with E-state index in [2.05, 4.69) is 44.8 Å². The number of aromatic nitrogens is 3. The van der Waals surface area contributed by atoms with Gasteiger partial charge < -0.3 is 5.32 Å². The molecule has 0 saturated heterocycles. The normalized spacial score (nSPS) is 14.9. The summed E-state index contributed by atoms with van der Waals surface area (Å²) in [4.78, 5) is 4.12. The number of benzene rings is 1. The van der Waals surface area contributed by atoms with Gasteiger partial charge in [0, 0.05) is 12.5 Å². The number of aromatic amines is 1. The van der Waals surface area contributed by atoms with Crippen molar-refractivity contribution in [3.63, 3.8) is 0 Å². The minimum Gasteiger partial charge on any atom is -0.313 e. The van der Waals surface area contributed by atoms with Gasteiger partial charge in [0.25, 0.3) is 0 Å². The Morgan fingerprint density at radius 3 is 2.67 bits per heavy atom. The van der Waals surface area contributed by atoms with Crippen LogP contribution in [0.2, 0.25) is 0 Å². The third-order valence-corrected chi connectivity index (χ3v) is 3.54. The SMILES string of the molecule is c1ccc2c(c1)CC(NCCCc1ncn[nH]1)C2. The summed E-state index contributed by atoms with van der Waals surface area (Å²) >= 11 is 0. The van der Waals surface area contributed by atoms with Crippen molar-refractivity contribution < 1.29 is 0 Å². The van der Waals surface area contributed by atoms with E-state index in [1.165, 1.54) is 24.0 Å². The highest BCUT2D eigenvalue weighted by Gasteiger charge is 2.19. The number of aryl methyl sites for hydroxylation is 1. The molecule has 1 aliphatic rings. The molecule has 0 aliphatic heterocycles. The highest BCUT2D eigenvalue weighted by Crippen LogP contribution is 2.21. The summed E-state index contributed by atoms with van der Waals surface area (Å²) in [6, 6.07) is 9.35. The van der Waals surface area contributed by atoms with Crippen molar-refractivity contribution in [2.45, 2.75) is 31.7 Å². The Balaban J connectivity index is 1.41. The highest BCUT2D eigenvalue weighted by atomic mass is 15.2. The lowest BCUT2D eigenvalue weighted by Gasteiger charge is -2.11. The molecule has 94 valence electrons. The van der Waals surface area contributed by atoms with Gasteiger partial charge in [-0.05, 0) is 36.9 Å². The Morgan fingerprint density at radius 2 is 2.00 bits per heavy atom. The Bertz CT molecular complexity index is 467. The molecule has 1 heterocycles. The van der Waals surface area contributed by atoms with Crippen molar-refractivity contribution in [1.82, 2.24) is 20.5 Å². The van der Waals surface area contributed by atoms with Crippen LogP contribution in [0, 0.1) is 0 Å². The summed E-state index contributed by atoms with van der Waals surface area (Å²) in [6.45, 7) is 1.04. The van der Waals surface area contributed by atoms with E-state index in [0.29, 0.717) is 6.04 Å². The lowest BCUT2D eigenvalue weighted by molar-refractivity contribution is 0.520. The maximum atomic E-state index is 4.12. The van der Waals surface area contributed by atoms with Crippen LogP contribution < -0.4 is 5.32 Å². The summed E-state index contributed by atoms with van der Waals surface area (Å²) < 4.78 is 0. The van der Waals surface area contributed by atoms with E-state index >= 15 is 0 Å². The standard InChI is InChI=1S/C14H18N4/c1-2-5-12-9-13(8-11(12)4-1)15-7-3-6-14-16-10-17-18-14/h1-2,4-5,10,13,15H,3,6-9H2,(H,16,17,18). The molecule has 1 aromatic carbocycles. The van der Waals surface area contributed by atoms with Gasteiger partial charge in [-0.1, -0.05) is 24.3 Å². The molecule has 0 saturated carbocycles. The van der Waals surface area contributed by atoms with Gasteiger partial charge in [0.2, 0.25) is 0 Å². The molecule has 3 rings (SSSR count). The largest absolute Gasteiger partial charge is 0.313 e. The minimum atomic E-state index is 0.608. The summed E-state index contributed by atoms with van der Waals surface area (Å²) in [5, 5.41) is 10.4. The molecule has 2 N–H and O–H groups in total. The van der Waals surface area contributed by atoms with Crippen LogP contribution in [-0.4, -0.2) is 27.8 Å². The van der Waals surface area contributed by atoms with Crippen molar-refractivity contribution in [1.29, 1.82) is 0 Å². The molecule has 1 aromatic heterocycles. The first kappa shape index (κ1) is 11.4. The van der Waals surface area contributed by atoms with Crippen LogP contribution in [0.4, 0.5) is 0 Å². The first-order valence-corrected chi connectivity index (χ1v) is 6.56. The Hall–Kier alpha value is -1.68. The average molecular weight is 242 g/mol. The van der Waals surface area contributed by atoms with Gasteiger partial charge in [-0.3, -0.25) is 5.10 Å². The molecule has 0 bridgehead atoms. The fourth-order valence-electron chi connectivity index (χ4n) is 2.62. The van der Waals surface area contributed by atoms with E-state index in [1.54, 1.807) is 6.33 Å². The highest BCUT2D eigenvalue weighted by molar-refractivity contribution is 5.33. The number of nitrogens with zero attached hydrogens (tertiary/aromatic N) is 2. The van der Waals surface area contributed by atoms with Crippen molar-refractivity contribution in [2.75, 3.05) is 6.54 Å². The first-order valence-electron chi connectivity index (χ1n) is 6.56. The van der Waals surface area contributed by atoms with Crippen molar-refractivity contribution >= 4 is 0 Å². The zero-order valence-corrected chi connectivity index (χ0v) is 10.4. The van der Waals surface area contributed by atoms with E-state index in [1.807, 2.05) is 0 Å². The molecule has 0 fully saturated rings. The first-order chi connectivity index (χ1) is 8.92. The quantitative estimate of drug-likeness (QED) is 0.781. The predicted molar refractivity (Wildman–Crippen MR) is 70.3 cm³/mol. The zero-order valence-electron chi connectivity index (χ0n) is 10.4. The third-order valence-electron chi connectivity index (χ3n) is 3.54. The van der Waals surface area contributed by atoms with E-state index in [-0.39, 0.29) is 0 Å². The van der Waals surface area contributed by atoms with Gasteiger partial charge in [0.05, 0.1) is 0 Å². The lowest BCUT2D eigenvalue weighted by Crippen LogP contribution is -2.30. The van der Waals surface area contributed by atoms with Crippen LogP contribution in [0.5, 0.6) is 0 Å². The van der Waals surface area contributed by atoms with Gasteiger partial charge in [-0.2, -0.15) is 5.10 Å². The van der Waals surface area contributed by atoms with Crippen LogP contribution in [0.1, 0.15) is 23.4 Å². The van der Waals surface area contributed by atoms with E-state index in [9.17, 15) is 0 Å². The number of fused-ring (bicyclic) bond motifs is 1. The second-order valence-electron chi connectivity index (χ2n) is 4.86. The predicted octanol–water partition coefficient (Wildman–Crippen LogP) is 1.49. The number of H-pyrrole nitrogens is 1. The van der Waals surface area contributed by atoms with E-state index < -0.39 is 0 Å². The van der Waals surface area contributed by atoms with Crippen molar-refractivity contribution in [3.05, 3.63) is 47.5 Å². The number of hydrogen-bond donors (Lipinski definition) is 2. The van der Waals surface area contributed by atoms with Gasteiger partial charge in [-0.25, -0.2) is 4.98 Å². The molecule has 4 heteroatoms. The fourth-order valence-corrected chi connectivity index (χ4v) is 2.62. The summed E-state index contributed by atoms with van der Waals surface area (Å²) in [5.74, 6) is 0.978. The van der Waals surface area contributed by atoms with Gasteiger partial charge in [-0.15, -0.1) is 0 Å². The molecule has 18 heavy (non-hydrogen) atoms. The van der Waals surface area contributed by atoms with E-state index in [4.69, 9.17) is 0 Å². The molecule has 0 spiro atoms. The molecule has 0 amide bonds. The molecule has 2 aromatic rings. The Kier molecular flexibility index (Phi) is 3.37. The van der Waals surface area contributed by atoms with E-state index in [0.717, 1.165) is 25.2 Å². The topological polar surface area (TPSA) is 53.6 Å². The molecular formula is C14H18N4. The minimum absolute atomic E-state index is 0.608. The average Bonchev–Trinajstić information content (AvgIpc) is 3.03. The van der Waals surface area contributed by atoms with Gasteiger partial charge >= 0.3 is 0 Å². The van der Waals surface area contributed by atoms with Gasteiger partial charge in [0.1, 0.15) is 12.2 Å². The molecular weight excluding hydrogens is 224 g/mol. The zero-order chi connectivity index (χ0) is 12.2. The second kappa shape index (κ2) is 5.31. The van der Waals surface area contributed by atoms with Crippen LogP contribution in [-0.2, 0) is 19.3 Å².